The molecule has 112 valence electrons. The van der Waals surface area contributed by atoms with Gasteiger partial charge in [0.05, 0.1) is 6.54 Å². The molecule has 1 aliphatic heterocycles. The summed E-state index contributed by atoms with van der Waals surface area (Å²) in [6.45, 7) is 0.513. The fraction of sp³-hybridized carbons (Fsp3) is 0.125. The number of imide groups is 1. The zero-order valence-electron chi connectivity index (χ0n) is 11.5. The van der Waals surface area contributed by atoms with Gasteiger partial charge in [-0.2, -0.15) is 0 Å². The number of carbonyl (C=O) groups is 2. The summed E-state index contributed by atoms with van der Waals surface area (Å²) in [5.74, 6) is 0.800. The first-order chi connectivity index (χ1) is 10.6. The molecule has 2 amide bonds. The molecule has 0 spiro atoms. The highest BCUT2D eigenvalue weighted by Crippen LogP contribution is 2.24. The molecule has 0 N–H and O–H groups in total. The van der Waals surface area contributed by atoms with Crippen molar-refractivity contribution in [2.24, 2.45) is 0 Å². The van der Waals surface area contributed by atoms with Crippen molar-refractivity contribution in [1.29, 1.82) is 0 Å². The van der Waals surface area contributed by atoms with Gasteiger partial charge in [-0.25, -0.2) is 9.69 Å². The van der Waals surface area contributed by atoms with E-state index in [1.165, 1.54) is 0 Å². The topological polar surface area (TPSA) is 55.8 Å². The SMILES string of the molecule is O=C1OCCN1C(=O)c1ccc(Oc2cccc(Cl)c2)cc1. The second-order valence-electron chi connectivity index (χ2n) is 4.65. The van der Waals surface area contributed by atoms with Crippen LogP contribution in [0.25, 0.3) is 0 Å². The zero-order valence-corrected chi connectivity index (χ0v) is 12.2. The largest absolute Gasteiger partial charge is 0.457 e. The molecule has 22 heavy (non-hydrogen) atoms. The Kier molecular flexibility index (Phi) is 3.98. The molecule has 1 saturated heterocycles. The van der Waals surface area contributed by atoms with E-state index < -0.39 is 6.09 Å². The van der Waals surface area contributed by atoms with Crippen molar-refractivity contribution in [3.63, 3.8) is 0 Å². The van der Waals surface area contributed by atoms with Crippen molar-refractivity contribution in [2.45, 2.75) is 0 Å². The van der Waals surface area contributed by atoms with Crippen LogP contribution in [0.5, 0.6) is 11.5 Å². The number of rotatable bonds is 3. The highest BCUT2D eigenvalue weighted by molar-refractivity contribution is 6.30. The van der Waals surface area contributed by atoms with E-state index in [2.05, 4.69) is 0 Å². The number of amides is 2. The lowest BCUT2D eigenvalue weighted by Gasteiger charge is -2.11. The van der Waals surface area contributed by atoms with Gasteiger partial charge in [0.2, 0.25) is 0 Å². The van der Waals surface area contributed by atoms with Crippen LogP contribution < -0.4 is 4.74 Å². The zero-order chi connectivity index (χ0) is 15.5. The highest BCUT2D eigenvalue weighted by atomic mass is 35.5. The minimum absolute atomic E-state index is 0.237. The first kappa shape index (κ1) is 14.4. The molecule has 0 aliphatic carbocycles. The Hall–Kier alpha value is -2.53. The van der Waals surface area contributed by atoms with E-state index in [1.807, 2.05) is 0 Å². The van der Waals surface area contributed by atoms with Gasteiger partial charge in [0, 0.05) is 10.6 Å². The smallest absolute Gasteiger partial charge is 0.416 e. The lowest BCUT2D eigenvalue weighted by molar-refractivity contribution is 0.0810. The van der Waals surface area contributed by atoms with Crippen LogP contribution in [0.3, 0.4) is 0 Å². The number of nitrogens with zero attached hydrogens (tertiary/aromatic N) is 1. The fourth-order valence-corrected chi connectivity index (χ4v) is 2.25. The number of cyclic esters (lactones) is 1. The fourth-order valence-electron chi connectivity index (χ4n) is 2.07. The summed E-state index contributed by atoms with van der Waals surface area (Å²) in [6.07, 6.45) is -0.607. The van der Waals surface area contributed by atoms with Crippen LogP contribution in [0.2, 0.25) is 5.02 Å². The predicted molar refractivity (Wildman–Crippen MR) is 80.4 cm³/mol. The van der Waals surface area contributed by atoms with E-state index in [-0.39, 0.29) is 19.1 Å². The van der Waals surface area contributed by atoms with Crippen LogP contribution in [0.4, 0.5) is 4.79 Å². The molecule has 0 bridgehead atoms. The first-order valence-corrected chi connectivity index (χ1v) is 7.03. The van der Waals surface area contributed by atoms with Crippen LogP contribution in [-0.4, -0.2) is 30.1 Å². The maximum absolute atomic E-state index is 12.1. The Balaban J connectivity index is 1.72. The van der Waals surface area contributed by atoms with Crippen molar-refractivity contribution in [3.8, 4) is 11.5 Å². The van der Waals surface area contributed by atoms with Crippen molar-refractivity contribution in [2.75, 3.05) is 13.2 Å². The molecule has 0 saturated carbocycles. The molecule has 1 aliphatic rings. The Morgan fingerprint density at radius 3 is 2.55 bits per heavy atom. The standard InChI is InChI=1S/C16H12ClNO4/c17-12-2-1-3-14(10-12)22-13-6-4-11(5-7-13)15(19)18-8-9-21-16(18)20/h1-7,10H,8-9H2. The molecule has 6 heteroatoms. The molecule has 5 nitrogen and oxygen atoms in total. The van der Waals surface area contributed by atoms with Crippen LogP contribution in [0.1, 0.15) is 10.4 Å². The third-order valence-corrected chi connectivity index (χ3v) is 3.37. The minimum atomic E-state index is -0.607. The minimum Gasteiger partial charge on any atom is -0.457 e. The summed E-state index contributed by atoms with van der Waals surface area (Å²) >= 11 is 5.89. The summed E-state index contributed by atoms with van der Waals surface area (Å²) in [5, 5.41) is 0.580. The maximum atomic E-state index is 12.1. The molecule has 1 heterocycles. The quantitative estimate of drug-likeness (QED) is 0.865. The van der Waals surface area contributed by atoms with Gasteiger partial charge < -0.3 is 9.47 Å². The lowest BCUT2D eigenvalue weighted by atomic mass is 10.2. The van der Waals surface area contributed by atoms with Gasteiger partial charge in [0.15, 0.2) is 0 Å². The average molecular weight is 318 g/mol. The molecule has 0 atom stereocenters. The van der Waals surface area contributed by atoms with Crippen molar-refractivity contribution < 1.29 is 19.1 Å². The summed E-state index contributed by atoms with van der Waals surface area (Å²) in [4.78, 5) is 24.6. The maximum Gasteiger partial charge on any atom is 0.416 e. The summed E-state index contributed by atoms with van der Waals surface area (Å²) in [7, 11) is 0. The normalized spacial score (nSPS) is 13.9. The number of carbonyl (C=O) groups excluding carboxylic acids is 2. The van der Waals surface area contributed by atoms with Crippen LogP contribution >= 0.6 is 11.6 Å². The number of ether oxygens (including phenoxy) is 2. The Morgan fingerprint density at radius 1 is 1.14 bits per heavy atom. The summed E-state index contributed by atoms with van der Waals surface area (Å²) in [5.41, 5.74) is 0.400. The molecule has 0 radical (unpaired) electrons. The van der Waals surface area contributed by atoms with Crippen molar-refractivity contribution >= 4 is 23.6 Å². The third-order valence-electron chi connectivity index (χ3n) is 3.14. The van der Waals surface area contributed by atoms with Gasteiger partial charge in [-0.05, 0) is 42.5 Å². The van der Waals surface area contributed by atoms with Crippen molar-refractivity contribution in [1.82, 2.24) is 4.90 Å². The molecule has 1 fully saturated rings. The molecular formula is C16H12ClNO4. The Labute approximate surface area is 132 Å². The van der Waals surface area contributed by atoms with Gasteiger partial charge in [0.1, 0.15) is 18.1 Å². The number of halogens is 1. The number of hydrogen-bond donors (Lipinski definition) is 0. The highest BCUT2D eigenvalue weighted by Gasteiger charge is 2.29. The van der Waals surface area contributed by atoms with Gasteiger partial charge in [-0.3, -0.25) is 4.79 Å². The van der Waals surface area contributed by atoms with E-state index >= 15 is 0 Å². The van der Waals surface area contributed by atoms with Crippen LogP contribution in [0.15, 0.2) is 48.5 Å². The molecule has 3 rings (SSSR count). The second kappa shape index (κ2) is 6.07. The van der Waals surface area contributed by atoms with Gasteiger partial charge in [-0.1, -0.05) is 17.7 Å². The number of benzene rings is 2. The van der Waals surface area contributed by atoms with E-state index in [0.717, 1.165) is 4.90 Å². The lowest BCUT2D eigenvalue weighted by Crippen LogP contribution is -2.31. The molecule has 0 aromatic heterocycles. The van der Waals surface area contributed by atoms with Gasteiger partial charge >= 0.3 is 6.09 Å². The second-order valence-corrected chi connectivity index (χ2v) is 5.09. The van der Waals surface area contributed by atoms with E-state index in [4.69, 9.17) is 21.1 Å². The summed E-state index contributed by atoms with van der Waals surface area (Å²) in [6, 6.07) is 13.6. The molecule has 0 unspecified atom stereocenters. The molecular weight excluding hydrogens is 306 g/mol. The molecule has 2 aromatic rings. The predicted octanol–water partition coefficient (Wildman–Crippen LogP) is 3.72. The summed E-state index contributed by atoms with van der Waals surface area (Å²) < 4.78 is 10.4. The first-order valence-electron chi connectivity index (χ1n) is 6.65. The van der Waals surface area contributed by atoms with Crippen LogP contribution in [0, 0.1) is 0 Å². The number of hydrogen-bond acceptors (Lipinski definition) is 4. The Bertz CT molecular complexity index is 714. The van der Waals surface area contributed by atoms with E-state index in [0.29, 0.717) is 22.1 Å². The molecule has 2 aromatic carbocycles. The van der Waals surface area contributed by atoms with E-state index in [1.54, 1.807) is 48.5 Å². The van der Waals surface area contributed by atoms with E-state index in [9.17, 15) is 9.59 Å². The third kappa shape index (κ3) is 3.04. The average Bonchev–Trinajstić information content (AvgIpc) is 2.93. The van der Waals surface area contributed by atoms with Crippen molar-refractivity contribution in [3.05, 3.63) is 59.1 Å². The van der Waals surface area contributed by atoms with Gasteiger partial charge in [-0.15, -0.1) is 0 Å². The monoisotopic (exact) mass is 317 g/mol. The Morgan fingerprint density at radius 2 is 1.91 bits per heavy atom. The van der Waals surface area contributed by atoms with Gasteiger partial charge in [0.25, 0.3) is 5.91 Å². The van der Waals surface area contributed by atoms with Crippen LogP contribution in [-0.2, 0) is 4.74 Å².